The van der Waals surface area contributed by atoms with Gasteiger partial charge in [0, 0.05) is 19.5 Å². The van der Waals surface area contributed by atoms with Crippen LogP contribution in [-0.2, 0) is 4.79 Å². The summed E-state index contributed by atoms with van der Waals surface area (Å²) in [5.74, 6) is -0.0379. The Balaban J connectivity index is 2.02. The number of carbonyl (C=O) groups is 2. The van der Waals surface area contributed by atoms with E-state index in [0.717, 1.165) is 5.92 Å². The molecule has 0 heterocycles. The van der Waals surface area contributed by atoms with Gasteiger partial charge in [0.2, 0.25) is 0 Å². The van der Waals surface area contributed by atoms with Crippen LogP contribution in [0.15, 0.2) is 0 Å². The van der Waals surface area contributed by atoms with Gasteiger partial charge in [-0.15, -0.1) is 0 Å². The minimum atomic E-state index is -1.42. The van der Waals surface area contributed by atoms with Crippen LogP contribution >= 0.6 is 0 Å². The monoisotopic (exact) mass is 244 g/mol. The molecule has 17 heavy (non-hydrogen) atoms. The lowest BCUT2D eigenvalue weighted by Crippen LogP contribution is -2.39. The lowest BCUT2D eigenvalue weighted by molar-refractivity contribution is -0.146. The first-order valence-electron chi connectivity index (χ1n) is 5.93. The van der Waals surface area contributed by atoms with E-state index in [4.69, 9.17) is 10.2 Å². The van der Waals surface area contributed by atoms with E-state index in [-0.39, 0.29) is 19.0 Å². The molecule has 0 bridgehead atoms. The minimum absolute atomic E-state index is 0.0148. The molecule has 1 fully saturated rings. The molecule has 2 atom stereocenters. The molecule has 1 aliphatic carbocycles. The predicted molar refractivity (Wildman–Crippen MR) is 61.5 cm³/mol. The predicted octanol–water partition coefficient (Wildman–Crippen LogP) is 0.167. The van der Waals surface area contributed by atoms with Crippen molar-refractivity contribution in [2.24, 2.45) is 11.8 Å². The zero-order valence-corrected chi connectivity index (χ0v) is 9.98. The van der Waals surface area contributed by atoms with E-state index in [1.807, 2.05) is 0 Å². The summed E-state index contributed by atoms with van der Waals surface area (Å²) in [6.45, 7) is 2.89. The van der Waals surface area contributed by atoms with Crippen LogP contribution in [-0.4, -0.2) is 41.4 Å². The van der Waals surface area contributed by atoms with Crippen LogP contribution in [0.25, 0.3) is 0 Å². The Hall–Kier alpha value is -1.30. The summed E-state index contributed by atoms with van der Waals surface area (Å²) in [7, 11) is 0. The molecular formula is C11H20N2O4. The first kappa shape index (κ1) is 13.8. The lowest BCUT2D eigenvalue weighted by atomic mass is 10.1. The van der Waals surface area contributed by atoms with Crippen molar-refractivity contribution in [1.29, 1.82) is 0 Å². The fourth-order valence-corrected chi connectivity index (χ4v) is 1.59. The first-order chi connectivity index (χ1) is 8.00. The second-order valence-electron chi connectivity index (χ2n) is 4.59. The molecule has 1 rings (SSSR count). The number of hydrogen-bond acceptors (Lipinski definition) is 3. The smallest absolute Gasteiger partial charge is 0.332 e. The second kappa shape index (κ2) is 6.44. The highest BCUT2D eigenvalue weighted by molar-refractivity contribution is 5.74. The summed E-state index contributed by atoms with van der Waals surface area (Å²) in [6, 6.07) is -0.310. The van der Waals surface area contributed by atoms with Crippen LogP contribution < -0.4 is 10.6 Å². The van der Waals surface area contributed by atoms with Gasteiger partial charge >= 0.3 is 12.0 Å². The number of carboxylic acid groups (broad SMARTS) is 1. The van der Waals surface area contributed by atoms with E-state index >= 15 is 0 Å². The van der Waals surface area contributed by atoms with E-state index < -0.39 is 12.1 Å². The van der Waals surface area contributed by atoms with Gasteiger partial charge in [0.15, 0.2) is 6.10 Å². The fourth-order valence-electron chi connectivity index (χ4n) is 1.59. The van der Waals surface area contributed by atoms with Crippen molar-refractivity contribution >= 4 is 12.0 Å². The van der Waals surface area contributed by atoms with Crippen molar-refractivity contribution in [3.05, 3.63) is 0 Å². The van der Waals surface area contributed by atoms with Gasteiger partial charge < -0.3 is 20.8 Å². The normalized spacial score (nSPS) is 18.2. The number of aliphatic hydroxyl groups is 1. The van der Waals surface area contributed by atoms with Crippen molar-refractivity contribution in [2.75, 3.05) is 13.1 Å². The minimum Gasteiger partial charge on any atom is -0.479 e. The molecule has 2 unspecified atom stereocenters. The number of carboxylic acids is 1. The summed E-state index contributed by atoms with van der Waals surface area (Å²) in [5.41, 5.74) is 0. The lowest BCUT2D eigenvalue weighted by Gasteiger charge is -2.12. The third kappa shape index (κ3) is 5.53. The van der Waals surface area contributed by atoms with Gasteiger partial charge in [0.1, 0.15) is 0 Å². The molecule has 1 aliphatic rings. The van der Waals surface area contributed by atoms with Gasteiger partial charge in [-0.05, 0) is 24.7 Å². The van der Waals surface area contributed by atoms with E-state index in [9.17, 15) is 9.59 Å². The molecule has 0 radical (unpaired) electrons. The van der Waals surface area contributed by atoms with Gasteiger partial charge in [-0.25, -0.2) is 9.59 Å². The molecule has 0 aromatic carbocycles. The third-order valence-corrected chi connectivity index (χ3v) is 3.00. The quantitative estimate of drug-likeness (QED) is 0.513. The molecule has 2 amide bonds. The van der Waals surface area contributed by atoms with E-state index in [2.05, 4.69) is 17.6 Å². The molecular weight excluding hydrogens is 224 g/mol. The SMILES string of the molecule is CC(CNC(=O)NCCC(O)C(=O)O)C1CC1. The number of aliphatic hydroxyl groups excluding tert-OH is 1. The van der Waals surface area contributed by atoms with Crippen LogP contribution in [0.3, 0.4) is 0 Å². The number of carbonyl (C=O) groups excluding carboxylic acids is 1. The maximum absolute atomic E-state index is 11.3. The van der Waals surface area contributed by atoms with E-state index in [1.54, 1.807) is 0 Å². The molecule has 0 spiro atoms. The maximum atomic E-state index is 11.3. The average Bonchev–Trinajstić information content (AvgIpc) is 3.09. The first-order valence-corrected chi connectivity index (χ1v) is 5.93. The maximum Gasteiger partial charge on any atom is 0.332 e. The summed E-state index contributed by atoms with van der Waals surface area (Å²) >= 11 is 0. The highest BCUT2D eigenvalue weighted by Gasteiger charge is 2.27. The number of rotatable bonds is 7. The average molecular weight is 244 g/mol. The van der Waals surface area contributed by atoms with Gasteiger partial charge in [-0.3, -0.25) is 0 Å². The zero-order valence-electron chi connectivity index (χ0n) is 9.98. The van der Waals surface area contributed by atoms with E-state index in [0.29, 0.717) is 12.5 Å². The summed E-state index contributed by atoms with van der Waals surface area (Å²) < 4.78 is 0. The highest BCUT2D eigenvalue weighted by atomic mass is 16.4. The van der Waals surface area contributed by atoms with Crippen LogP contribution in [0.2, 0.25) is 0 Å². The molecule has 6 nitrogen and oxygen atoms in total. The van der Waals surface area contributed by atoms with Crippen LogP contribution in [0.5, 0.6) is 0 Å². The second-order valence-corrected chi connectivity index (χ2v) is 4.59. The Morgan fingerprint density at radius 1 is 1.35 bits per heavy atom. The molecule has 1 saturated carbocycles. The Labute approximate surface area is 100 Å². The molecule has 6 heteroatoms. The largest absolute Gasteiger partial charge is 0.479 e. The van der Waals surface area contributed by atoms with Crippen molar-refractivity contribution in [3.63, 3.8) is 0 Å². The van der Waals surface area contributed by atoms with E-state index in [1.165, 1.54) is 12.8 Å². The number of amides is 2. The Kier molecular flexibility index (Phi) is 5.21. The summed E-state index contributed by atoms with van der Waals surface area (Å²) in [5, 5.41) is 22.6. The molecule has 98 valence electrons. The van der Waals surface area contributed by atoms with Crippen molar-refractivity contribution in [1.82, 2.24) is 10.6 Å². The topological polar surface area (TPSA) is 98.7 Å². The van der Waals surface area contributed by atoms with Gasteiger partial charge in [0.05, 0.1) is 0 Å². The highest BCUT2D eigenvalue weighted by Crippen LogP contribution is 2.35. The summed E-state index contributed by atoms with van der Waals surface area (Å²) in [4.78, 5) is 21.6. The van der Waals surface area contributed by atoms with Crippen molar-refractivity contribution in [2.45, 2.75) is 32.3 Å². The van der Waals surface area contributed by atoms with Gasteiger partial charge in [0.25, 0.3) is 0 Å². The van der Waals surface area contributed by atoms with Crippen molar-refractivity contribution < 1.29 is 19.8 Å². The Morgan fingerprint density at radius 2 is 2.00 bits per heavy atom. The van der Waals surface area contributed by atoms with Crippen LogP contribution in [0.4, 0.5) is 4.79 Å². The molecule has 4 N–H and O–H groups in total. The third-order valence-electron chi connectivity index (χ3n) is 3.00. The van der Waals surface area contributed by atoms with Crippen molar-refractivity contribution in [3.8, 4) is 0 Å². The number of urea groups is 1. The summed E-state index contributed by atoms with van der Waals surface area (Å²) in [6.07, 6.45) is 1.09. The van der Waals surface area contributed by atoms with Crippen LogP contribution in [0, 0.1) is 11.8 Å². The Morgan fingerprint density at radius 3 is 2.53 bits per heavy atom. The molecule has 0 aromatic rings. The zero-order chi connectivity index (χ0) is 12.8. The fraction of sp³-hybridized carbons (Fsp3) is 0.818. The van der Waals surface area contributed by atoms with Gasteiger partial charge in [-0.2, -0.15) is 0 Å². The van der Waals surface area contributed by atoms with Gasteiger partial charge in [-0.1, -0.05) is 6.92 Å². The molecule has 0 aromatic heterocycles. The molecule has 0 aliphatic heterocycles. The Bertz CT molecular complexity index is 279. The number of nitrogens with one attached hydrogen (secondary N) is 2. The number of aliphatic carboxylic acids is 1. The van der Waals surface area contributed by atoms with Crippen LogP contribution in [0.1, 0.15) is 26.2 Å². The number of hydrogen-bond donors (Lipinski definition) is 4. The molecule has 0 saturated heterocycles. The standard InChI is InChI=1S/C11H20N2O4/c1-7(8-2-3-8)6-13-11(17)12-5-4-9(14)10(15)16/h7-9,14H,2-6H2,1H3,(H,15,16)(H2,12,13,17).